The van der Waals surface area contributed by atoms with Crippen LogP contribution in [0.4, 0.5) is 11.4 Å². The summed E-state index contributed by atoms with van der Waals surface area (Å²) >= 11 is 0. The number of hydrogen-bond acceptors (Lipinski definition) is 6. The lowest BCUT2D eigenvalue weighted by Gasteiger charge is -2.32. The molecule has 148 valence electrons. The summed E-state index contributed by atoms with van der Waals surface area (Å²) in [6.45, 7) is 3.98. The van der Waals surface area contributed by atoms with Gasteiger partial charge in [0.2, 0.25) is 0 Å². The Bertz CT molecular complexity index is 825. The average molecular weight is 384 g/mol. The van der Waals surface area contributed by atoms with E-state index in [1.807, 2.05) is 35.2 Å². The van der Waals surface area contributed by atoms with Crippen LogP contribution in [0.5, 0.6) is 5.75 Å². The summed E-state index contributed by atoms with van der Waals surface area (Å²) in [6, 6.07) is 13.7. The van der Waals surface area contributed by atoms with Gasteiger partial charge in [0.25, 0.3) is 5.69 Å². The number of piperidine rings is 1. The van der Waals surface area contributed by atoms with Crippen molar-refractivity contribution in [3.8, 4) is 5.75 Å². The Morgan fingerprint density at radius 3 is 2.71 bits per heavy atom. The lowest BCUT2D eigenvalue weighted by Crippen LogP contribution is -2.34. The Labute approximate surface area is 164 Å². The molecule has 1 aliphatic rings. The fourth-order valence-electron chi connectivity index (χ4n) is 3.37. The molecule has 2 aromatic carbocycles. The predicted octanol–water partition coefficient (Wildman–Crippen LogP) is 4.07. The molecule has 1 aliphatic heterocycles. The third-order valence-electron chi connectivity index (χ3n) is 4.73. The molecule has 1 atom stereocenters. The summed E-state index contributed by atoms with van der Waals surface area (Å²) in [7, 11) is 0. The molecule has 0 N–H and O–H groups in total. The molecule has 7 nitrogen and oxygen atoms in total. The van der Waals surface area contributed by atoms with Gasteiger partial charge in [0.05, 0.1) is 10.5 Å². The number of nitrogens with zero attached hydrogens (tertiary/aromatic N) is 2. The summed E-state index contributed by atoms with van der Waals surface area (Å²) < 4.78 is 10.7. The number of nitro groups is 1. The molecule has 0 bridgehead atoms. The van der Waals surface area contributed by atoms with Crippen molar-refractivity contribution in [2.45, 2.75) is 19.8 Å². The number of anilines is 1. The third kappa shape index (κ3) is 5.00. The van der Waals surface area contributed by atoms with Crippen LogP contribution in [-0.4, -0.2) is 37.2 Å². The van der Waals surface area contributed by atoms with E-state index in [9.17, 15) is 14.9 Å². The minimum absolute atomic E-state index is 0.0624. The maximum atomic E-state index is 12.3. The van der Waals surface area contributed by atoms with E-state index in [0.29, 0.717) is 17.4 Å². The smallest absolute Gasteiger partial charge is 0.338 e. The van der Waals surface area contributed by atoms with Gasteiger partial charge in [0.15, 0.2) is 0 Å². The molecule has 0 amide bonds. The maximum absolute atomic E-state index is 12.3. The second kappa shape index (κ2) is 9.21. The summed E-state index contributed by atoms with van der Waals surface area (Å²) in [5.41, 5.74) is 0.657. The first-order valence-electron chi connectivity index (χ1n) is 9.43. The molecular weight excluding hydrogens is 360 g/mol. The van der Waals surface area contributed by atoms with Crippen LogP contribution >= 0.6 is 0 Å². The van der Waals surface area contributed by atoms with Crippen LogP contribution < -0.4 is 9.64 Å². The van der Waals surface area contributed by atoms with Gasteiger partial charge < -0.3 is 14.4 Å². The number of hydrogen-bond donors (Lipinski definition) is 0. The van der Waals surface area contributed by atoms with Crippen LogP contribution in [0.3, 0.4) is 0 Å². The zero-order chi connectivity index (χ0) is 19.9. The number of carbonyl (C=O) groups is 1. The largest absolute Gasteiger partial charge is 0.490 e. The quantitative estimate of drug-likeness (QED) is 0.310. The molecule has 0 spiro atoms. The van der Waals surface area contributed by atoms with Crippen molar-refractivity contribution in [2.75, 3.05) is 31.2 Å². The van der Waals surface area contributed by atoms with Gasteiger partial charge in [-0.25, -0.2) is 4.79 Å². The van der Waals surface area contributed by atoms with Crippen LogP contribution in [0.1, 0.15) is 30.1 Å². The van der Waals surface area contributed by atoms with E-state index in [1.54, 1.807) is 12.1 Å². The molecule has 1 fully saturated rings. The molecule has 1 heterocycles. The van der Waals surface area contributed by atoms with E-state index in [2.05, 4.69) is 6.92 Å². The molecule has 7 heteroatoms. The molecule has 3 rings (SSSR count). The Morgan fingerprint density at radius 2 is 2.00 bits per heavy atom. The van der Waals surface area contributed by atoms with Crippen molar-refractivity contribution in [1.29, 1.82) is 0 Å². The van der Waals surface area contributed by atoms with Gasteiger partial charge in [0, 0.05) is 19.2 Å². The lowest BCUT2D eigenvalue weighted by atomic mass is 9.99. The van der Waals surface area contributed by atoms with E-state index in [4.69, 9.17) is 9.47 Å². The summed E-state index contributed by atoms with van der Waals surface area (Å²) in [5.74, 6) is 0.579. The van der Waals surface area contributed by atoms with E-state index in [1.165, 1.54) is 6.07 Å². The Hall–Kier alpha value is -3.09. The first kappa shape index (κ1) is 19.7. The predicted molar refractivity (Wildman–Crippen MR) is 106 cm³/mol. The highest BCUT2D eigenvalue weighted by Crippen LogP contribution is 2.32. The Kier molecular flexibility index (Phi) is 6.47. The number of benzene rings is 2. The molecule has 0 saturated carbocycles. The molecule has 0 radical (unpaired) electrons. The van der Waals surface area contributed by atoms with Crippen molar-refractivity contribution in [2.24, 2.45) is 5.92 Å². The fraction of sp³-hybridized carbons (Fsp3) is 0.381. The normalized spacial score (nSPS) is 16.5. The van der Waals surface area contributed by atoms with Gasteiger partial charge in [-0.15, -0.1) is 0 Å². The van der Waals surface area contributed by atoms with Crippen LogP contribution in [0, 0.1) is 16.0 Å². The topological polar surface area (TPSA) is 81.9 Å². The SMILES string of the molecule is C[C@@H]1CCCN(c2ccc(C(=O)OCCOc3ccccc3)cc2[N+](=O)[O-])C1. The van der Waals surface area contributed by atoms with Gasteiger partial charge in [-0.05, 0) is 43.0 Å². The van der Waals surface area contributed by atoms with Gasteiger partial charge in [-0.1, -0.05) is 25.1 Å². The first-order valence-corrected chi connectivity index (χ1v) is 9.43. The number of nitro benzene ring substituents is 1. The van der Waals surface area contributed by atoms with Crippen molar-refractivity contribution >= 4 is 17.3 Å². The van der Waals surface area contributed by atoms with Crippen LogP contribution in [0.15, 0.2) is 48.5 Å². The summed E-state index contributed by atoms with van der Waals surface area (Å²) in [6.07, 6.45) is 2.13. The number of esters is 1. The third-order valence-corrected chi connectivity index (χ3v) is 4.73. The van der Waals surface area contributed by atoms with Crippen molar-refractivity contribution in [3.63, 3.8) is 0 Å². The highest BCUT2D eigenvalue weighted by molar-refractivity contribution is 5.91. The van der Waals surface area contributed by atoms with Gasteiger partial charge >= 0.3 is 5.97 Å². The molecule has 0 unspecified atom stereocenters. The highest BCUT2D eigenvalue weighted by atomic mass is 16.6. The molecule has 1 saturated heterocycles. The monoisotopic (exact) mass is 384 g/mol. The van der Waals surface area contributed by atoms with Gasteiger partial charge in [0.1, 0.15) is 24.7 Å². The van der Waals surface area contributed by atoms with Crippen molar-refractivity contribution in [3.05, 3.63) is 64.2 Å². The van der Waals surface area contributed by atoms with E-state index in [-0.39, 0.29) is 24.5 Å². The van der Waals surface area contributed by atoms with Gasteiger partial charge in [-0.2, -0.15) is 0 Å². The molecule has 0 aliphatic carbocycles. The Balaban J connectivity index is 1.62. The van der Waals surface area contributed by atoms with Crippen molar-refractivity contribution in [1.82, 2.24) is 0 Å². The van der Waals surface area contributed by atoms with Crippen LogP contribution in [0.25, 0.3) is 0 Å². The minimum atomic E-state index is -0.599. The van der Waals surface area contributed by atoms with E-state index < -0.39 is 10.9 Å². The zero-order valence-electron chi connectivity index (χ0n) is 15.9. The molecule has 28 heavy (non-hydrogen) atoms. The van der Waals surface area contributed by atoms with Crippen molar-refractivity contribution < 1.29 is 19.2 Å². The second-order valence-electron chi connectivity index (χ2n) is 6.95. The second-order valence-corrected chi connectivity index (χ2v) is 6.95. The number of ether oxygens (including phenoxy) is 2. The standard InChI is InChI=1S/C21H24N2O5/c1-16-6-5-11-22(15-16)19-10-9-17(14-20(19)23(25)26)21(24)28-13-12-27-18-7-3-2-4-8-18/h2-4,7-10,14,16H,5-6,11-13,15H2,1H3/t16-/m1/s1. The average Bonchev–Trinajstić information content (AvgIpc) is 2.71. The van der Waals surface area contributed by atoms with Gasteiger partial charge in [-0.3, -0.25) is 10.1 Å². The van der Waals surface area contributed by atoms with Crippen LogP contribution in [-0.2, 0) is 4.74 Å². The van der Waals surface area contributed by atoms with Crippen LogP contribution in [0.2, 0.25) is 0 Å². The lowest BCUT2D eigenvalue weighted by molar-refractivity contribution is -0.384. The highest BCUT2D eigenvalue weighted by Gasteiger charge is 2.25. The number of rotatable bonds is 7. The molecular formula is C21H24N2O5. The first-order chi connectivity index (χ1) is 13.5. The summed E-state index contributed by atoms with van der Waals surface area (Å²) in [4.78, 5) is 25.4. The number of para-hydroxylation sites is 1. The zero-order valence-corrected chi connectivity index (χ0v) is 15.9. The maximum Gasteiger partial charge on any atom is 0.338 e. The molecule has 2 aromatic rings. The molecule has 0 aromatic heterocycles. The summed E-state index contributed by atoms with van der Waals surface area (Å²) in [5, 5.41) is 11.5. The fourth-order valence-corrected chi connectivity index (χ4v) is 3.37. The van der Waals surface area contributed by atoms with E-state index >= 15 is 0 Å². The van der Waals surface area contributed by atoms with E-state index in [0.717, 1.165) is 25.9 Å². The Morgan fingerprint density at radius 1 is 1.21 bits per heavy atom. The minimum Gasteiger partial charge on any atom is -0.490 e. The number of carbonyl (C=O) groups excluding carboxylic acids is 1.